The summed E-state index contributed by atoms with van der Waals surface area (Å²) in [6.07, 6.45) is 8.97. The van der Waals surface area contributed by atoms with Gasteiger partial charge in [-0.05, 0) is 67.8 Å². The normalized spacial score (nSPS) is 13.6. The van der Waals surface area contributed by atoms with Gasteiger partial charge in [-0.3, -0.25) is 9.78 Å². The van der Waals surface area contributed by atoms with Crippen LogP contribution in [-0.4, -0.2) is 22.3 Å². The smallest absolute Gasteiger partial charge is 0.138 e. The second-order valence-electron chi connectivity index (χ2n) is 8.04. The Hall–Kier alpha value is -1.93. The number of carbonyl (C=O) groups is 1. The number of pyridine rings is 1. The molecule has 0 bridgehead atoms. The molecule has 4 nitrogen and oxygen atoms in total. The third kappa shape index (κ3) is 4.51. The molecule has 160 valence electrons. The fourth-order valence-electron chi connectivity index (χ4n) is 4.19. The van der Waals surface area contributed by atoms with Crippen molar-refractivity contribution in [3.63, 3.8) is 0 Å². The number of hydrogen-bond donors (Lipinski definition) is 1. The van der Waals surface area contributed by atoms with Crippen LogP contribution in [-0.2, 0) is 30.6 Å². The topological polar surface area (TPSA) is 54.9 Å². The first-order chi connectivity index (χ1) is 15.2. The molecule has 31 heavy (non-hydrogen) atoms. The van der Waals surface area contributed by atoms with Gasteiger partial charge < -0.3 is 5.32 Å². The van der Waals surface area contributed by atoms with Crippen LogP contribution < -0.4 is 5.32 Å². The Bertz CT molecular complexity index is 1190. The van der Waals surface area contributed by atoms with E-state index in [1.54, 1.807) is 22.7 Å². The van der Waals surface area contributed by atoms with E-state index < -0.39 is 0 Å². The predicted molar refractivity (Wildman–Crippen MR) is 131 cm³/mol. The van der Waals surface area contributed by atoms with Gasteiger partial charge in [0.25, 0.3) is 0 Å². The number of hydrogen-bond acceptors (Lipinski definition) is 7. The van der Waals surface area contributed by atoms with Crippen molar-refractivity contribution in [1.29, 1.82) is 0 Å². The van der Waals surface area contributed by atoms with Crippen LogP contribution in [0.25, 0.3) is 20.8 Å². The molecule has 0 saturated heterocycles. The highest BCUT2D eigenvalue weighted by atomic mass is 32.1. The Morgan fingerprint density at radius 3 is 2.97 bits per heavy atom. The molecular weight excluding hydrogens is 442 g/mol. The third-order valence-corrected chi connectivity index (χ3v) is 9.21. The van der Waals surface area contributed by atoms with Crippen molar-refractivity contribution < 1.29 is 4.79 Å². The molecule has 0 amide bonds. The fourth-order valence-corrected chi connectivity index (χ4v) is 7.59. The summed E-state index contributed by atoms with van der Waals surface area (Å²) in [7, 11) is 0. The van der Waals surface area contributed by atoms with Crippen molar-refractivity contribution in [2.45, 2.75) is 52.0 Å². The molecule has 5 rings (SSSR count). The molecule has 1 aliphatic heterocycles. The molecule has 0 unspecified atom stereocenters. The van der Waals surface area contributed by atoms with Crippen LogP contribution in [0.5, 0.6) is 0 Å². The van der Waals surface area contributed by atoms with Crippen molar-refractivity contribution in [3.8, 4) is 10.6 Å². The molecular formula is C24H25N3OS3. The largest absolute Gasteiger partial charge is 0.312 e. The minimum atomic E-state index is 0.346. The predicted octanol–water partition coefficient (Wildman–Crippen LogP) is 5.96. The van der Waals surface area contributed by atoms with Crippen LogP contribution >= 0.6 is 34.0 Å². The van der Waals surface area contributed by atoms with Gasteiger partial charge in [-0.15, -0.1) is 34.0 Å². The molecule has 4 aromatic heterocycles. The quantitative estimate of drug-likeness (QED) is 0.325. The van der Waals surface area contributed by atoms with Gasteiger partial charge in [0.1, 0.15) is 16.3 Å². The summed E-state index contributed by atoms with van der Waals surface area (Å²) >= 11 is 5.35. The number of ketones is 1. The van der Waals surface area contributed by atoms with Crippen molar-refractivity contribution in [2.24, 2.45) is 0 Å². The van der Waals surface area contributed by atoms with Gasteiger partial charge in [-0.1, -0.05) is 0 Å². The molecule has 4 aromatic rings. The first kappa shape index (κ1) is 20.9. The number of nitrogens with one attached hydrogen (secondary N) is 1. The lowest BCUT2D eigenvalue weighted by molar-refractivity contribution is -0.118. The summed E-state index contributed by atoms with van der Waals surface area (Å²) < 4.78 is 1.15. The zero-order chi connectivity index (χ0) is 21.2. The van der Waals surface area contributed by atoms with Crippen molar-refractivity contribution in [3.05, 3.63) is 55.7 Å². The molecule has 0 aliphatic carbocycles. The van der Waals surface area contributed by atoms with Crippen LogP contribution in [0.4, 0.5) is 0 Å². The van der Waals surface area contributed by atoms with E-state index in [1.165, 1.54) is 31.3 Å². The summed E-state index contributed by atoms with van der Waals surface area (Å²) in [5.74, 6) is 0.346. The first-order valence-corrected chi connectivity index (χ1v) is 13.3. The third-order valence-electron chi connectivity index (χ3n) is 5.84. The number of rotatable bonds is 8. The molecule has 0 radical (unpaired) electrons. The average Bonchev–Trinajstić information content (AvgIpc) is 3.47. The number of unbranched alkanes of at least 4 members (excludes halogenated alkanes) is 1. The van der Waals surface area contributed by atoms with Gasteiger partial charge in [0.2, 0.25) is 0 Å². The van der Waals surface area contributed by atoms with Crippen molar-refractivity contribution in [1.82, 2.24) is 15.3 Å². The lowest BCUT2D eigenvalue weighted by atomic mass is 10.00. The number of fused-ring (bicyclic) bond motifs is 2. The maximum atomic E-state index is 12.9. The monoisotopic (exact) mass is 467 g/mol. The fraction of sp³-hybridized carbons (Fsp3) is 0.375. The van der Waals surface area contributed by atoms with Gasteiger partial charge in [0.05, 0.1) is 10.9 Å². The van der Waals surface area contributed by atoms with Crippen LogP contribution in [0.1, 0.15) is 45.0 Å². The van der Waals surface area contributed by atoms with Crippen molar-refractivity contribution >= 4 is 50.0 Å². The van der Waals surface area contributed by atoms with Gasteiger partial charge in [-0.25, -0.2) is 4.98 Å². The molecule has 5 heterocycles. The molecule has 0 spiro atoms. The summed E-state index contributed by atoms with van der Waals surface area (Å²) in [4.78, 5) is 26.0. The van der Waals surface area contributed by atoms with E-state index in [9.17, 15) is 4.79 Å². The number of thiophene rings is 2. The van der Waals surface area contributed by atoms with E-state index in [0.29, 0.717) is 18.6 Å². The molecule has 1 aliphatic rings. The van der Waals surface area contributed by atoms with Crippen LogP contribution in [0.15, 0.2) is 29.9 Å². The molecule has 1 N–H and O–H groups in total. The molecule has 7 heteroatoms. The highest BCUT2D eigenvalue weighted by Gasteiger charge is 2.25. The second-order valence-corrected chi connectivity index (χ2v) is 11.3. The summed E-state index contributed by atoms with van der Waals surface area (Å²) in [5, 5.41) is 6.67. The van der Waals surface area contributed by atoms with Gasteiger partial charge in [-0.2, -0.15) is 0 Å². The van der Waals surface area contributed by atoms with E-state index in [-0.39, 0.29) is 0 Å². The standard InChI is InChI=1S/C24H25N3OS3/c1-15-8-11-29-19(15)5-3-2-4-16(28)12-21-23(17-6-9-26-14-22(17)30-21)24-27-18-13-25-10-7-20(18)31-24/h7-8,10-11,13,26H,2-6,9,12,14H2,1H3. The second kappa shape index (κ2) is 9.28. The van der Waals surface area contributed by atoms with E-state index in [4.69, 9.17) is 4.98 Å². The van der Waals surface area contributed by atoms with Crippen LogP contribution in [0.2, 0.25) is 0 Å². The summed E-state index contributed by atoms with van der Waals surface area (Å²) in [5.41, 5.74) is 4.94. The van der Waals surface area contributed by atoms with Crippen LogP contribution in [0.3, 0.4) is 0 Å². The van der Waals surface area contributed by atoms with Crippen molar-refractivity contribution in [2.75, 3.05) is 6.54 Å². The number of aromatic nitrogens is 2. The Balaban J connectivity index is 1.32. The highest BCUT2D eigenvalue weighted by Crippen LogP contribution is 2.41. The number of aryl methyl sites for hydroxylation is 2. The lowest BCUT2D eigenvalue weighted by Gasteiger charge is -2.13. The maximum Gasteiger partial charge on any atom is 0.138 e. The van der Waals surface area contributed by atoms with E-state index in [2.05, 4.69) is 28.7 Å². The Kier molecular flexibility index (Phi) is 6.27. The minimum absolute atomic E-state index is 0.346. The minimum Gasteiger partial charge on any atom is -0.312 e. The maximum absolute atomic E-state index is 12.9. The Labute approximate surface area is 194 Å². The van der Waals surface area contributed by atoms with E-state index >= 15 is 0 Å². The molecule has 0 aromatic carbocycles. The van der Waals surface area contributed by atoms with Crippen LogP contribution in [0, 0.1) is 6.92 Å². The molecule has 0 atom stereocenters. The number of carbonyl (C=O) groups excluding carboxylic acids is 1. The first-order valence-electron chi connectivity index (χ1n) is 10.8. The zero-order valence-corrected chi connectivity index (χ0v) is 20.0. The SMILES string of the molecule is Cc1ccsc1CCCCC(=O)Cc1sc2c(c1-c1nc3cnccc3s1)CCNC2. The van der Waals surface area contributed by atoms with Gasteiger partial charge in [0.15, 0.2) is 0 Å². The zero-order valence-electron chi connectivity index (χ0n) is 17.6. The van der Waals surface area contributed by atoms with E-state index in [0.717, 1.165) is 54.0 Å². The summed E-state index contributed by atoms with van der Waals surface area (Å²) in [6, 6.07) is 4.20. The average molecular weight is 468 g/mol. The highest BCUT2D eigenvalue weighted by molar-refractivity contribution is 7.22. The Morgan fingerprint density at radius 2 is 2.13 bits per heavy atom. The molecule has 0 fully saturated rings. The van der Waals surface area contributed by atoms with Gasteiger partial charge >= 0.3 is 0 Å². The van der Waals surface area contributed by atoms with Gasteiger partial charge in [0, 0.05) is 45.8 Å². The number of thiazole rings is 1. The summed E-state index contributed by atoms with van der Waals surface area (Å²) in [6.45, 7) is 4.05. The van der Waals surface area contributed by atoms with E-state index in [1.807, 2.05) is 29.8 Å². The number of Topliss-reactive ketones (excluding diaryl/α,β-unsaturated/α-hetero) is 1. The number of nitrogens with zero attached hydrogens (tertiary/aromatic N) is 2. The molecule has 0 saturated carbocycles. The lowest BCUT2D eigenvalue weighted by Crippen LogP contribution is -2.22. The Morgan fingerprint density at radius 1 is 1.19 bits per heavy atom.